The molecule has 92 heavy (non-hydrogen) atoms. The molecule has 0 aromatic carbocycles. The minimum Gasteiger partial charge on any atom is -0.465 e. The molecule has 518 valence electrons. The monoisotopic (exact) mass is 1300 g/mol. The highest BCUT2D eigenvalue weighted by atomic mass is 17.3. The van der Waals surface area contributed by atoms with Gasteiger partial charge in [-0.15, -0.1) is 0 Å². The van der Waals surface area contributed by atoms with Gasteiger partial charge in [-0.2, -0.15) is 0 Å². The average Bonchev–Trinajstić information content (AvgIpc) is 1.35. The van der Waals surface area contributed by atoms with Crippen molar-refractivity contribution in [1.82, 2.24) is 0 Å². The van der Waals surface area contributed by atoms with Crippen LogP contribution in [0.1, 0.15) is 205 Å². The van der Waals surface area contributed by atoms with Gasteiger partial charge in [-0.05, 0) is 159 Å². The molecule has 15 saturated heterocycles. The van der Waals surface area contributed by atoms with Crippen LogP contribution in [0.2, 0.25) is 0 Å². The van der Waals surface area contributed by atoms with Gasteiger partial charge < -0.3 is 56.8 Å². The molecule has 15 aliphatic heterocycles. The fourth-order valence-corrected chi connectivity index (χ4v) is 22.5. The van der Waals surface area contributed by atoms with Gasteiger partial charge in [-0.1, -0.05) is 55.4 Å². The zero-order chi connectivity index (χ0) is 63.9. The highest BCUT2D eigenvalue weighted by Gasteiger charge is 2.74. The van der Waals surface area contributed by atoms with E-state index in [0.717, 1.165) is 83.5 Å². The molecule has 8 bridgehead atoms. The molecule has 20 fully saturated rings. The van der Waals surface area contributed by atoms with E-state index in [2.05, 4.69) is 62.3 Å². The minimum absolute atomic E-state index is 0.0310. The Labute approximate surface area is 542 Å². The van der Waals surface area contributed by atoms with E-state index in [0.29, 0.717) is 49.4 Å². The molecule has 22 nitrogen and oxygen atoms in total. The fourth-order valence-electron chi connectivity index (χ4n) is 22.5. The number of hydrogen-bond acceptors (Lipinski definition) is 22. The summed E-state index contributed by atoms with van der Waals surface area (Å²) in [4.78, 5) is 79.8. The third-order valence-corrected chi connectivity index (χ3v) is 27.9. The van der Waals surface area contributed by atoms with E-state index in [9.17, 15) is 9.59 Å². The predicted octanol–water partition coefficient (Wildman–Crippen LogP) is 11.2. The number of fused-ring (bicyclic) bond motifs is 8. The zero-order valence-corrected chi connectivity index (χ0v) is 56.6. The van der Waals surface area contributed by atoms with Gasteiger partial charge in [0.25, 0.3) is 0 Å². The van der Waals surface area contributed by atoms with Gasteiger partial charge in [-0.25, -0.2) is 39.1 Å². The quantitative estimate of drug-likeness (QED) is 0.110. The Morgan fingerprint density at radius 2 is 0.739 bits per heavy atom. The van der Waals surface area contributed by atoms with Crippen LogP contribution >= 0.6 is 0 Å². The number of esters is 2. The molecule has 0 aromatic heterocycles. The second-order valence-electron chi connectivity index (χ2n) is 33.7. The maximum absolute atomic E-state index is 14.6. The van der Waals surface area contributed by atoms with Crippen molar-refractivity contribution in [1.29, 1.82) is 0 Å². The van der Waals surface area contributed by atoms with E-state index in [4.69, 9.17) is 95.9 Å². The van der Waals surface area contributed by atoms with Gasteiger partial charge in [0.1, 0.15) is 17.8 Å². The Hall–Kier alpha value is -1.78. The van der Waals surface area contributed by atoms with Gasteiger partial charge in [0.2, 0.25) is 23.7 Å². The summed E-state index contributed by atoms with van der Waals surface area (Å²) in [7, 11) is 0. The second kappa shape index (κ2) is 23.1. The third kappa shape index (κ3) is 9.99. The van der Waals surface area contributed by atoms with E-state index in [1.165, 1.54) is 0 Å². The predicted molar refractivity (Wildman–Crippen MR) is 317 cm³/mol. The SMILES string of the molecule is C[C@H]1[C@H](OC(=O)CCC(=O)OCC(COC2O[C@@H]3OC4(C)CC[C@H]5[C@H](C)CC[C@@H]([C@H]2C)[C@@]35OO4)(COC2O[C@@H]3OC4(C)CC[C@H]5[C@H](C)CC[C@@H]([C@H]2C)[C@@]35OO4)COC2O[C@@H]3OC4(C)CC[C@H]5[C@H](C)CC[C@@H]([C@H]2C)[C@@]35OO4)O[C@@H]2CC3(C)CC[C@H]4[C@H](C)CC[C@@H]1[C@@]24OO3. The van der Waals surface area contributed by atoms with E-state index in [1.807, 2.05) is 20.8 Å². The van der Waals surface area contributed by atoms with E-state index >= 15 is 0 Å². The molecule has 22 heteroatoms. The van der Waals surface area contributed by atoms with Crippen LogP contribution in [0, 0.1) is 100 Å². The van der Waals surface area contributed by atoms with Gasteiger partial charge in [-0.3, -0.25) is 9.59 Å². The van der Waals surface area contributed by atoms with Crippen LogP contribution in [-0.2, 0) is 106 Å². The summed E-state index contributed by atoms with van der Waals surface area (Å²) in [5.41, 5.74) is -4.87. The number of hydrogen-bond donors (Lipinski definition) is 0. The van der Waals surface area contributed by atoms with Crippen LogP contribution in [-0.4, -0.2) is 134 Å². The first-order chi connectivity index (χ1) is 43.9. The molecule has 0 N–H and O–H groups in total. The van der Waals surface area contributed by atoms with Gasteiger partial charge >= 0.3 is 11.9 Å². The molecule has 0 aromatic rings. The standard InChI is InChI=1S/C70H106O22/c1-36-13-17-48-43(8)58(77-52-31-62(9)27-23-44(36)67(48,52)89-85-62)78-54(72)22-21-53(71)73-32-66(33-74-55-40(5)49-18-14-37(2)45-24-28-63(10)82-59(79-55)68(45,49)90-86-63,34-75-56-41(6)50-19-15-38(3)46-25-29-64(11)83-60(80-56)69(46,50)91-87-64)35-76-57-42(7)51-20-16-39(4)47-26-30-65(12)84-61(81-57)70(47,51)92-88-65/h36-52,55-61H,13-35H2,1-12H3/t36-,37-,38-,39-,40-,41-,42-,43-,44+,45+,46+,47+,48+,49+,50+,51+,52-,55?,56?,57?,58+,59-,60-,61-,62?,63?,64?,65?,66?,67-,68-,69-,70-/m1/s1. The lowest BCUT2D eigenvalue weighted by molar-refractivity contribution is -0.578. The molecule has 5 saturated carbocycles. The van der Waals surface area contributed by atoms with Gasteiger partial charge in [0.05, 0.1) is 44.2 Å². The lowest BCUT2D eigenvalue weighted by Gasteiger charge is -2.60. The van der Waals surface area contributed by atoms with Crippen LogP contribution in [0.3, 0.4) is 0 Å². The largest absolute Gasteiger partial charge is 0.465 e. The lowest BCUT2D eigenvalue weighted by atomic mass is 9.56. The molecule has 0 amide bonds. The Bertz CT molecular complexity index is 2580. The van der Waals surface area contributed by atoms with Crippen molar-refractivity contribution >= 4 is 11.9 Å². The van der Waals surface area contributed by atoms with E-state index in [-0.39, 0.29) is 116 Å². The van der Waals surface area contributed by atoms with Crippen molar-refractivity contribution < 1.29 is 106 Å². The molecule has 0 radical (unpaired) electrons. The summed E-state index contributed by atoms with van der Waals surface area (Å²) in [6, 6.07) is 0. The van der Waals surface area contributed by atoms with Crippen LogP contribution in [0.4, 0.5) is 0 Å². The van der Waals surface area contributed by atoms with Crippen molar-refractivity contribution in [2.24, 2.45) is 100 Å². The molecule has 32 atom stereocenters. The highest BCUT2D eigenvalue weighted by Crippen LogP contribution is 2.66. The first kappa shape index (κ1) is 64.9. The molecule has 7 unspecified atom stereocenters. The number of rotatable bonds is 15. The number of ether oxygens (including phenoxy) is 12. The Morgan fingerprint density at radius 3 is 1.16 bits per heavy atom. The summed E-state index contributed by atoms with van der Waals surface area (Å²) in [5.74, 6) is -2.67. The van der Waals surface area contributed by atoms with Gasteiger partial charge in [0.15, 0.2) is 54.5 Å². The second-order valence-corrected chi connectivity index (χ2v) is 33.7. The number of carbonyl (C=O) groups is 2. The molecular weight excluding hydrogens is 1190 g/mol. The highest BCUT2D eigenvalue weighted by molar-refractivity contribution is 5.77. The topological polar surface area (TPSA) is 219 Å². The van der Waals surface area contributed by atoms with Gasteiger partial charge in [0, 0.05) is 73.0 Å². The summed E-state index contributed by atoms with van der Waals surface area (Å²) < 4.78 is 83.2. The normalized spacial score (nSPS) is 56.4. The molecule has 20 rings (SSSR count). The first-order valence-electron chi connectivity index (χ1n) is 36.2. The maximum Gasteiger partial charge on any atom is 0.308 e. The third-order valence-electron chi connectivity index (χ3n) is 27.9. The first-order valence-corrected chi connectivity index (χ1v) is 36.2. The van der Waals surface area contributed by atoms with Crippen molar-refractivity contribution in [3.63, 3.8) is 0 Å². The molecule has 5 aliphatic carbocycles. The molecular formula is C70H106O22. The van der Waals surface area contributed by atoms with Crippen molar-refractivity contribution in [2.45, 2.75) is 301 Å². The van der Waals surface area contributed by atoms with Crippen molar-refractivity contribution in [3.05, 3.63) is 0 Å². The Morgan fingerprint density at radius 1 is 0.380 bits per heavy atom. The number of carbonyl (C=O) groups excluding carboxylic acids is 2. The Kier molecular flexibility index (Phi) is 16.3. The zero-order valence-electron chi connectivity index (χ0n) is 56.6. The summed E-state index contributed by atoms with van der Waals surface area (Å²) >= 11 is 0. The summed E-state index contributed by atoms with van der Waals surface area (Å²) in [5, 5.41) is 0. The summed E-state index contributed by atoms with van der Waals surface area (Å²) in [6.07, 6.45) is 8.45. The van der Waals surface area contributed by atoms with Crippen LogP contribution in [0.15, 0.2) is 0 Å². The summed E-state index contributed by atoms with van der Waals surface area (Å²) in [6.45, 7) is 25.2. The van der Waals surface area contributed by atoms with E-state index < -0.39 is 107 Å². The maximum atomic E-state index is 14.6. The molecule has 4 spiro atoms. The van der Waals surface area contributed by atoms with Crippen molar-refractivity contribution in [3.8, 4) is 0 Å². The minimum atomic E-state index is -1.28. The lowest BCUT2D eigenvalue weighted by Crippen LogP contribution is -2.71. The molecule has 20 aliphatic rings. The van der Waals surface area contributed by atoms with Crippen LogP contribution in [0.5, 0.6) is 0 Å². The smallest absolute Gasteiger partial charge is 0.308 e. The van der Waals surface area contributed by atoms with Crippen molar-refractivity contribution in [2.75, 3.05) is 26.4 Å². The van der Waals surface area contributed by atoms with Crippen LogP contribution in [0.25, 0.3) is 0 Å². The van der Waals surface area contributed by atoms with Crippen LogP contribution < -0.4 is 0 Å². The van der Waals surface area contributed by atoms with E-state index in [1.54, 1.807) is 0 Å². The average molecular weight is 1300 g/mol. The molecule has 15 heterocycles. The fraction of sp³-hybridized carbons (Fsp3) is 0.971. The Balaban J connectivity index is 0.693.